The fraction of sp³-hybridized carbons (Fsp3) is 0.571. The summed E-state index contributed by atoms with van der Waals surface area (Å²) in [7, 11) is 1.67. The van der Waals surface area contributed by atoms with E-state index in [1.807, 2.05) is 19.1 Å². The van der Waals surface area contributed by atoms with Crippen LogP contribution in [-0.4, -0.2) is 25.6 Å². The number of allylic oxidation sites excluding steroid dienone is 1. The van der Waals surface area contributed by atoms with Gasteiger partial charge in [-0.1, -0.05) is 30.7 Å². The number of carbonyl (C=O) groups excluding carboxylic acids is 1. The molecule has 2 N–H and O–H groups in total. The third kappa shape index (κ3) is 6.20. The molecule has 1 aromatic carbocycles. The van der Waals surface area contributed by atoms with Gasteiger partial charge in [-0.25, -0.2) is 0 Å². The summed E-state index contributed by atoms with van der Waals surface area (Å²) in [5.41, 5.74) is 2.67. The number of methoxy groups -OCH3 is 1. The first-order valence-electron chi connectivity index (χ1n) is 9.49. The Morgan fingerprint density at radius 1 is 1.24 bits per heavy atom. The van der Waals surface area contributed by atoms with Crippen LogP contribution in [0.2, 0.25) is 0 Å². The van der Waals surface area contributed by atoms with Gasteiger partial charge in [0.05, 0.1) is 13.2 Å². The zero-order valence-electron chi connectivity index (χ0n) is 15.8. The van der Waals surface area contributed by atoms with E-state index < -0.39 is 0 Å². The third-order valence-electron chi connectivity index (χ3n) is 4.90. The van der Waals surface area contributed by atoms with Crippen LogP contribution in [0.15, 0.2) is 35.9 Å². The second-order valence-electron chi connectivity index (χ2n) is 6.77. The topological polar surface area (TPSA) is 50.4 Å². The van der Waals surface area contributed by atoms with Gasteiger partial charge >= 0.3 is 0 Å². The van der Waals surface area contributed by atoms with E-state index in [-0.39, 0.29) is 18.0 Å². The summed E-state index contributed by atoms with van der Waals surface area (Å²) in [5, 5.41) is 6.51. The van der Waals surface area contributed by atoms with Gasteiger partial charge in [0.1, 0.15) is 5.75 Å². The highest BCUT2D eigenvalue weighted by molar-refractivity contribution is 5.81. The molecule has 4 heteroatoms. The van der Waals surface area contributed by atoms with Crippen LogP contribution in [-0.2, 0) is 4.79 Å². The molecule has 2 atom stereocenters. The molecule has 0 saturated heterocycles. The molecule has 0 radical (unpaired) electrons. The number of hydrogen-bond donors (Lipinski definition) is 2. The molecule has 138 valence electrons. The molecule has 1 aromatic rings. The van der Waals surface area contributed by atoms with Crippen molar-refractivity contribution in [3.8, 4) is 5.75 Å². The van der Waals surface area contributed by atoms with E-state index >= 15 is 0 Å². The summed E-state index contributed by atoms with van der Waals surface area (Å²) in [6, 6.07) is 7.98. The molecule has 0 bridgehead atoms. The zero-order chi connectivity index (χ0) is 18.1. The lowest BCUT2D eigenvalue weighted by atomic mass is 9.97. The van der Waals surface area contributed by atoms with Crippen molar-refractivity contribution < 1.29 is 9.53 Å². The Labute approximate surface area is 152 Å². The fourth-order valence-electron chi connectivity index (χ4n) is 3.29. The minimum Gasteiger partial charge on any atom is -0.497 e. The first-order chi connectivity index (χ1) is 12.1. The summed E-state index contributed by atoms with van der Waals surface area (Å²) in [6.45, 7) is 4.79. The minimum absolute atomic E-state index is 0.0726. The monoisotopic (exact) mass is 344 g/mol. The summed E-state index contributed by atoms with van der Waals surface area (Å²) in [4.78, 5) is 12.4. The van der Waals surface area contributed by atoms with E-state index in [1.165, 1.54) is 36.8 Å². The van der Waals surface area contributed by atoms with Gasteiger partial charge in [0.2, 0.25) is 5.91 Å². The highest BCUT2D eigenvalue weighted by Gasteiger charge is 2.18. The molecule has 0 aliphatic heterocycles. The minimum atomic E-state index is -0.215. The summed E-state index contributed by atoms with van der Waals surface area (Å²) in [5.74, 6) is 0.921. The van der Waals surface area contributed by atoms with Gasteiger partial charge in [0.15, 0.2) is 0 Å². The van der Waals surface area contributed by atoms with Crippen LogP contribution in [0.1, 0.15) is 64.0 Å². The molecule has 1 aliphatic carbocycles. The number of nitrogens with one attached hydrogen (secondary N) is 2. The predicted octanol–water partition coefficient (Wildman–Crippen LogP) is 4.13. The van der Waals surface area contributed by atoms with Crippen LogP contribution in [0.25, 0.3) is 0 Å². The van der Waals surface area contributed by atoms with Gasteiger partial charge in [0.25, 0.3) is 0 Å². The molecule has 0 fully saturated rings. The van der Waals surface area contributed by atoms with Crippen molar-refractivity contribution in [2.24, 2.45) is 0 Å². The second-order valence-corrected chi connectivity index (χ2v) is 6.77. The molecule has 0 spiro atoms. The molecular weight excluding hydrogens is 312 g/mol. The number of hydrogen-bond acceptors (Lipinski definition) is 3. The van der Waals surface area contributed by atoms with Crippen LogP contribution >= 0.6 is 0 Å². The predicted molar refractivity (Wildman–Crippen MR) is 103 cm³/mol. The molecular formula is C21H32N2O2. The molecule has 0 aromatic heterocycles. The smallest absolute Gasteiger partial charge is 0.236 e. The Morgan fingerprint density at radius 2 is 2.00 bits per heavy atom. The van der Waals surface area contributed by atoms with E-state index in [0.717, 1.165) is 25.1 Å². The Morgan fingerprint density at radius 3 is 2.60 bits per heavy atom. The van der Waals surface area contributed by atoms with E-state index in [1.54, 1.807) is 7.11 Å². The van der Waals surface area contributed by atoms with Crippen molar-refractivity contribution in [1.82, 2.24) is 10.6 Å². The molecule has 1 aliphatic rings. The van der Waals surface area contributed by atoms with Crippen molar-refractivity contribution in [3.63, 3.8) is 0 Å². The molecule has 1 amide bonds. The lowest BCUT2D eigenvalue weighted by molar-refractivity contribution is -0.122. The standard InChI is InChI=1S/C21H32N2O2/c1-4-20(18-10-12-19(25-3)13-11-18)23-16(2)21(24)22-15-14-17-8-6-5-7-9-17/h8,10-13,16,20,23H,4-7,9,14-15H2,1-3H3,(H,22,24). The van der Waals surface area contributed by atoms with E-state index in [2.05, 4.69) is 35.8 Å². The Hall–Kier alpha value is -1.81. The van der Waals surface area contributed by atoms with Gasteiger partial charge in [0, 0.05) is 12.6 Å². The van der Waals surface area contributed by atoms with E-state index in [0.29, 0.717) is 0 Å². The molecule has 4 nitrogen and oxygen atoms in total. The van der Waals surface area contributed by atoms with Crippen LogP contribution in [0.5, 0.6) is 5.75 Å². The normalized spacial score (nSPS) is 16.7. The number of amides is 1. The third-order valence-corrected chi connectivity index (χ3v) is 4.90. The van der Waals surface area contributed by atoms with Crippen molar-refractivity contribution in [2.45, 2.75) is 64.5 Å². The second kappa shape index (κ2) is 10.2. The highest BCUT2D eigenvalue weighted by atomic mass is 16.5. The maximum Gasteiger partial charge on any atom is 0.236 e. The van der Waals surface area contributed by atoms with E-state index in [4.69, 9.17) is 4.74 Å². The Bertz CT molecular complexity index is 566. The zero-order valence-corrected chi connectivity index (χ0v) is 15.8. The van der Waals surface area contributed by atoms with Gasteiger partial charge in [-0.15, -0.1) is 0 Å². The number of ether oxygens (including phenoxy) is 1. The van der Waals surface area contributed by atoms with Crippen molar-refractivity contribution in [1.29, 1.82) is 0 Å². The maximum absolute atomic E-state index is 12.4. The van der Waals surface area contributed by atoms with Gasteiger partial charge in [-0.3, -0.25) is 10.1 Å². The summed E-state index contributed by atoms with van der Waals surface area (Å²) in [6.07, 6.45) is 9.23. The summed E-state index contributed by atoms with van der Waals surface area (Å²) >= 11 is 0. The van der Waals surface area contributed by atoms with Gasteiger partial charge in [-0.05, 0) is 63.1 Å². The first kappa shape index (κ1) is 19.5. The highest BCUT2D eigenvalue weighted by Crippen LogP contribution is 2.21. The first-order valence-corrected chi connectivity index (χ1v) is 9.49. The SMILES string of the molecule is CCC(NC(C)C(=O)NCCC1=CCCCC1)c1ccc(OC)cc1. The fourth-order valence-corrected chi connectivity index (χ4v) is 3.29. The average molecular weight is 344 g/mol. The van der Waals surface area contributed by atoms with E-state index in [9.17, 15) is 4.79 Å². The lowest BCUT2D eigenvalue weighted by Gasteiger charge is -2.22. The molecule has 25 heavy (non-hydrogen) atoms. The van der Waals surface area contributed by atoms with Crippen LogP contribution < -0.4 is 15.4 Å². The number of carbonyl (C=O) groups is 1. The van der Waals surface area contributed by atoms with Crippen molar-refractivity contribution >= 4 is 5.91 Å². The molecule has 2 rings (SSSR count). The number of benzene rings is 1. The molecule has 0 saturated carbocycles. The van der Waals surface area contributed by atoms with Crippen molar-refractivity contribution in [2.75, 3.05) is 13.7 Å². The van der Waals surface area contributed by atoms with Gasteiger partial charge < -0.3 is 10.1 Å². The van der Waals surface area contributed by atoms with Crippen LogP contribution in [0, 0.1) is 0 Å². The summed E-state index contributed by atoms with van der Waals surface area (Å²) < 4.78 is 5.21. The lowest BCUT2D eigenvalue weighted by Crippen LogP contribution is -2.43. The largest absolute Gasteiger partial charge is 0.497 e. The maximum atomic E-state index is 12.4. The number of rotatable bonds is 9. The average Bonchev–Trinajstić information content (AvgIpc) is 2.66. The molecule has 2 unspecified atom stereocenters. The Kier molecular flexibility index (Phi) is 7.99. The van der Waals surface area contributed by atoms with Crippen LogP contribution in [0.3, 0.4) is 0 Å². The quantitative estimate of drug-likeness (QED) is 0.662. The van der Waals surface area contributed by atoms with Crippen molar-refractivity contribution in [3.05, 3.63) is 41.5 Å². The Balaban J connectivity index is 1.80. The molecule has 0 heterocycles. The van der Waals surface area contributed by atoms with Crippen LogP contribution in [0.4, 0.5) is 0 Å². The van der Waals surface area contributed by atoms with Gasteiger partial charge in [-0.2, -0.15) is 0 Å².